The minimum Gasteiger partial charge on any atom is -0.464 e. The van der Waals surface area contributed by atoms with Crippen molar-refractivity contribution in [3.63, 3.8) is 0 Å². The topological polar surface area (TPSA) is 95.1 Å². The third kappa shape index (κ3) is 4.27. The minimum atomic E-state index is -1.04. The molecular formula is C22H19N3O3. The highest BCUT2D eigenvalue weighted by molar-refractivity contribution is 5.93. The van der Waals surface area contributed by atoms with Crippen molar-refractivity contribution in [1.82, 2.24) is 9.88 Å². The van der Waals surface area contributed by atoms with Gasteiger partial charge in [-0.2, -0.15) is 5.26 Å². The number of para-hydroxylation sites is 1. The van der Waals surface area contributed by atoms with Gasteiger partial charge in [-0.3, -0.25) is 9.36 Å². The first kappa shape index (κ1) is 18.9. The third-order valence-corrected chi connectivity index (χ3v) is 4.38. The number of nitrogens with zero attached hydrogens (tertiary/aromatic N) is 2. The number of aromatic nitrogens is 1. The number of carboxylic acid groups (broad SMARTS) is 1. The quantitative estimate of drug-likeness (QED) is 0.665. The Hall–Kier alpha value is -3.85. The van der Waals surface area contributed by atoms with Gasteiger partial charge in [0, 0.05) is 23.7 Å². The highest BCUT2D eigenvalue weighted by atomic mass is 16.4. The second kappa shape index (κ2) is 8.23. The molecule has 0 aliphatic rings. The predicted molar refractivity (Wildman–Crippen MR) is 107 cm³/mol. The normalized spacial score (nSPS) is 12.0. The molecular weight excluding hydrogens is 354 g/mol. The summed E-state index contributed by atoms with van der Waals surface area (Å²) in [6, 6.07) is 16.1. The van der Waals surface area contributed by atoms with E-state index in [0.717, 1.165) is 16.5 Å². The lowest BCUT2D eigenvalue weighted by Crippen LogP contribution is -2.32. The van der Waals surface area contributed by atoms with Crippen molar-refractivity contribution < 1.29 is 14.7 Å². The number of benzene rings is 2. The molecule has 2 N–H and O–H groups in total. The maximum Gasteiger partial charge on any atom is 0.416 e. The van der Waals surface area contributed by atoms with Gasteiger partial charge in [0.1, 0.15) is 0 Å². The highest BCUT2D eigenvalue weighted by Gasteiger charge is 2.15. The van der Waals surface area contributed by atoms with E-state index in [0.29, 0.717) is 17.5 Å². The number of fused-ring (bicyclic) bond motifs is 1. The molecule has 28 heavy (non-hydrogen) atoms. The van der Waals surface area contributed by atoms with Crippen LogP contribution in [0.15, 0.2) is 60.8 Å². The van der Waals surface area contributed by atoms with Crippen LogP contribution in [0.2, 0.25) is 0 Å². The summed E-state index contributed by atoms with van der Waals surface area (Å²) >= 11 is 0. The molecule has 0 spiro atoms. The Labute approximate surface area is 162 Å². The Kier molecular flexibility index (Phi) is 5.56. The van der Waals surface area contributed by atoms with Crippen LogP contribution in [-0.4, -0.2) is 27.7 Å². The molecule has 1 aromatic heterocycles. The van der Waals surface area contributed by atoms with Crippen molar-refractivity contribution in [1.29, 1.82) is 5.26 Å². The summed E-state index contributed by atoms with van der Waals surface area (Å²) in [5, 5.41) is 21.9. The molecule has 0 radical (unpaired) electrons. The van der Waals surface area contributed by atoms with Gasteiger partial charge in [-0.05, 0) is 48.7 Å². The monoisotopic (exact) mass is 373 g/mol. The summed E-state index contributed by atoms with van der Waals surface area (Å²) in [4.78, 5) is 23.6. The molecule has 1 atom stereocenters. The smallest absolute Gasteiger partial charge is 0.416 e. The zero-order valence-electron chi connectivity index (χ0n) is 15.3. The fourth-order valence-corrected chi connectivity index (χ4v) is 3.08. The molecule has 3 aromatic rings. The average Bonchev–Trinajstić information content (AvgIpc) is 3.05. The van der Waals surface area contributed by atoms with Crippen LogP contribution in [0, 0.1) is 11.3 Å². The molecule has 0 unspecified atom stereocenters. The molecule has 0 saturated heterocycles. The summed E-state index contributed by atoms with van der Waals surface area (Å²) in [6.07, 6.45) is 4.20. The maximum absolute atomic E-state index is 12.2. The van der Waals surface area contributed by atoms with Gasteiger partial charge in [-0.15, -0.1) is 0 Å². The predicted octanol–water partition coefficient (Wildman–Crippen LogP) is 3.80. The van der Waals surface area contributed by atoms with E-state index in [1.165, 1.54) is 10.6 Å². The molecule has 6 nitrogen and oxygen atoms in total. The molecule has 0 aliphatic heterocycles. The lowest BCUT2D eigenvalue weighted by molar-refractivity contribution is -0.117. The summed E-state index contributed by atoms with van der Waals surface area (Å²) < 4.78 is 1.20. The van der Waals surface area contributed by atoms with Crippen LogP contribution in [-0.2, 0) is 11.2 Å². The van der Waals surface area contributed by atoms with E-state index in [2.05, 4.69) is 5.32 Å². The first-order valence-corrected chi connectivity index (χ1v) is 8.79. The fraction of sp³-hybridized carbons (Fsp3) is 0.136. The molecule has 6 heteroatoms. The van der Waals surface area contributed by atoms with Gasteiger partial charge < -0.3 is 10.4 Å². The number of carbonyl (C=O) groups excluding carboxylic acids is 1. The molecule has 3 rings (SSSR count). The lowest BCUT2D eigenvalue weighted by Gasteiger charge is -2.11. The van der Waals surface area contributed by atoms with Gasteiger partial charge in [-0.25, -0.2) is 4.79 Å². The van der Waals surface area contributed by atoms with Gasteiger partial charge in [0.25, 0.3) is 0 Å². The fourth-order valence-electron chi connectivity index (χ4n) is 3.08. The zero-order valence-corrected chi connectivity index (χ0v) is 15.3. The number of amides is 1. The van der Waals surface area contributed by atoms with E-state index in [9.17, 15) is 14.7 Å². The van der Waals surface area contributed by atoms with Gasteiger partial charge in [0.05, 0.1) is 17.1 Å². The molecule has 0 fully saturated rings. The largest absolute Gasteiger partial charge is 0.464 e. The van der Waals surface area contributed by atoms with Crippen LogP contribution in [0.5, 0.6) is 0 Å². The number of rotatable bonds is 5. The number of nitrogens with one attached hydrogen (secondary N) is 1. The number of nitriles is 1. The number of carbonyl (C=O) groups is 2. The Bertz CT molecular complexity index is 1090. The average molecular weight is 373 g/mol. The zero-order chi connectivity index (χ0) is 20.1. The van der Waals surface area contributed by atoms with Gasteiger partial charge in [0.2, 0.25) is 5.91 Å². The standard InChI is InChI=1S/C22H19N3O3/c1-15(24-21(26)11-10-16-6-8-17(13-23)9-7-16)12-18-14-25(22(27)28)20-5-3-2-4-19(18)20/h2-11,14-15H,12H2,1H3,(H,24,26)(H,27,28)/t15-/m1/s1. The Morgan fingerprint density at radius 2 is 1.93 bits per heavy atom. The van der Waals surface area contributed by atoms with Gasteiger partial charge in [-0.1, -0.05) is 30.3 Å². The minimum absolute atomic E-state index is 0.175. The van der Waals surface area contributed by atoms with Crippen molar-refractivity contribution in [3.8, 4) is 6.07 Å². The molecule has 1 heterocycles. The van der Waals surface area contributed by atoms with E-state index in [1.54, 1.807) is 48.7 Å². The van der Waals surface area contributed by atoms with Crippen molar-refractivity contribution in [2.45, 2.75) is 19.4 Å². The second-order valence-corrected chi connectivity index (χ2v) is 6.50. The van der Waals surface area contributed by atoms with E-state index in [-0.39, 0.29) is 11.9 Å². The van der Waals surface area contributed by atoms with Crippen LogP contribution < -0.4 is 5.32 Å². The van der Waals surface area contributed by atoms with Crippen LogP contribution in [0.1, 0.15) is 23.6 Å². The first-order chi connectivity index (χ1) is 13.5. The molecule has 140 valence electrons. The second-order valence-electron chi connectivity index (χ2n) is 6.50. The van der Waals surface area contributed by atoms with Crippen LogP contribution in [0.25, 0.3) is 17.0 Å². The molecule has 0 aliphatic carbocycles. The van der Waals surface area contributed by atoms with Crippen molar-refractivity contribution >= 4 is 29.0 Å². The van der Waals surface area contributed by atoms with E-state index < -0.39 is 6.09 Å². The van der Waals surface area contributed by atoms with Crippen LogP contribution in [0.3, 0.4) is 0 Å². The molecule has 0 saturated carbocycles. The van der Waals surface area contributed by atoms with Crippen LogP contribution in [0.4, 0.5) is 4.79 Å². The Morgan fingerprint density at radius 3 is 2.61 bits per heavy atom. The van der Waals surface area contributed by atoms with Gasteiger partial charge >= 0.3 is 6.09 Å². The number of hydrogen-bond acceptors (Lipinski definition) is 3. The lowest BCUT2D eigenvalue weighted by atomic mass is 10.1. The molecule has 0 bridgehead atoms. The summed E-state index contributed by atoms with van der Waals surface area (Å²) in [5.41, 5.74) is 2.88. The molecule has 2 aromatic carbocycles. The van der Waals surface area contributed by atoms with E-state index >= 15 is 0 Å². The van der Waals surface area contributed by atoms with Crippen molar-refractivity contribution in [2.24, 2.45) is 0 Å². The third-order valence-electron chi connectivity index (χ3n) is 4.38. The summed E-state index contributed by atoms with van der Waals surface area (Å²) in [6.45, 7) is 1.88. The summed E-state index contributed by atoms with van der Waals surface area (Å²) in [7, 11) is 0. The first-order valence-electron chi connectivity index (χ1n) is 8.79. The maximum atomic E-state index is 12.2. The Morgan fingerprint density at radius 1 is 1.21 bits per heavy atom. The number of hydrogen-bond donors (Lipinski definition) is 2. The van der Waals surface area contributed by atoms with E-state index in [1.807, 2.05) is 25.1 Å². The van der Waals surface area contributed by atoms with Gasteiger partial charge in [0.15, 0.2) is 0 Å². The van der Waals surface area contributed by atoms with Crippen molar-refractivity contribution in [2.75, 3.05) is 0 Å². The SMILES string of the molecule is C[C@H](Cc1cn(C(=O)O)c2ccccc12)NC(=O)C=Cc1ccc(C#N)cc1. The molecule has 1 amide bonds. The van der Waals surface area contributed by atoms with Crippen molar-refractivity contribution in [3.05, 3.63) is 77.5 Å². The Balaban J connectivity index is 1.67. The van der Waals surface area contributed by atoms with Crippen LogP contribution >= 0.6 is 0 Å². The van der Waals surface area contributed by atoms with E-state index in [4.69, 9.17) is 5.26 Å². The summed E-state index contributed by atoms with van der Waals surface area (Å²) in [5.74, 6) is -0.237. The highest BCUT2D eigenvalue weighted by Crippen LogP contribution is 2.22.